The molecule has 10 nitrogen and oxygen atoms in total. The highest BCUT2D eigenvalue weighted by atomic mass is 32.2. The summed E-state index contributed by atoms with van der Waals surface area (Å²) in [4.78, 5) is 30.2. The maximum absolute atomic E-state index is 10.5. The van der Waals surface area contributed by atoms with Crippen molar-refractivity contribution in [1.82, 2.24) is 0 Å². The molecule has 0 aliphatic carbocycles. The molecule has 0 amide bonds. The van der Waals surface area contributed by atoms with Gasteiger partial charge >= 0.3 is 15.2 Å². The van der Waals surface area contributed by atoms with E-state index in [-0.39, 0.29) is 0 Å². The van der Waals surface area contributed by atoms with E-state index >= 15 is 0 Å². The molecule has 0 aromatic rings. The van der Waals surface area contributed by atoms with E-state index in [2.05, 4.69) is 0 Å². The Morgan fingerprint density at radius 2 is 1.27 bits per heavy atom. The normalized spacial score (nSPS) is 18.5. The molecule has 2 unspecified atom stereocenters. The predicted octanol–water partition coefficient (Wildman–Crippen LogP) is -2.13. The Hall–Kier alpha value is 0.170. The number of rotatable bonds is 4. The van der Waals surface area contributed by atoms with Gasteiger partial charge in [0.15, 0.2) is 5.85 Å². The number of hydrogen-bond acceptors (Lipinski definition) is 5. The van der Waals surface area contributed by atoms with Crippen LogP contribution in [0.2, 0.25) is 0 Å². The van der Waals surface area contributed by atoms with E-state index in [1.807, 2.05) is 0 Å². The standard InChI is InChI=1S/C2H8O10P2S/c3-1(13(4,5)6)2(14(7,8)9)15(10,11)12/h1-3H,(H2,4,5,6)(H2,7,8,9)(H,10,11,12). The van der Waals surface area contributed by atoms with Crippen LogP contribution in [0.1, 0.15) is 0 Å². The van der Waals surface area contributed by atoms with Crippen molar-refractivity contribution in [2.75, 3.05) is 0 Å². The SMILES string of the molecule is O=P(O)(O)C(O)C(P(=O)(O)O)S(=O)(=O)O. The van der Waals surface area contributed by atoms with E-state index in [1.54, 1.807) is 0 Å². The highest BCUT2D eigenvalue weighted by Gasteiger charge is 2.52. The van der Waals surface area contributed by atoms with Crippen LogP contribution in [0.3, 0.4) is 0 Å². The Morgan fingerprint density at radius 1 is 0.933 bits per heavy atom. The zero-order valence-corrected chi connectivity index (χ0v) is 9.38. The minimum atomic E-state index is -5.63. The van der Waals surface area contributed by atoms with Gasteiger partial charge in [-0.25, -0.2) is 0 Å². The lowest BCUT2D eigenvalue weighted by molar-refractivity contribution is 0.199. The third-order valence-electron chi connectivity index (χ3n) is 1.24. The van der Waals surface area contributed by atoms with Gasteiger partial charge in [-0.3, -0.25) is 13.7 Å². The molecular formula is C2H8O10P2S. The maximum Gasteiger partial charge on any atom is 0.355 e. The fourth-order valence-corrected chi connectivity index (χ4v) is 5.02. The van der Waals surface area contributed by atoms with Crippen molar-refractivity contribution in [3.05, 3.63) is 0 Å². The van der Waals surface area contributed by atoms with E-state index in [0.29, 0.717) is 0 Å². The molecule has 0 aromatic heterocycles. The molecule has 0 bridgehead atoms. The molecule has 0 heterocycles. The van der Waals surface area contributed by atoms with Crippen LogP contribution in [0.25, 0.3) is 0 Å². The molecule has 0 rings (SSSR count). The lowest BCUT2D eigenvalue weighted by Gasteiger charge is -2.21. The molecule has 13 heteroatoms. The van der Waals surface area contributed by atoms with Crippen LogP contribution in [0.15, 0.2) is 0 Å². The second-order valence-corrected chi connectivity index (χ2v) is 7.83. The summed E-state index contributed by atoms with van der Waals surface area (Å²) in [5, 5.41) is 8.72. The van der Waals surface area contributed by atoms with Gasteiger partial charge in [0.2, 0.25) is 4.99 Å². The number of hydrogen-bond donors (Lipinski definition) is 6. The fraction of sp³-hybridized carbons (Fsp3) is 1.00. The molecule has 0 aliphatic heterocycles. The lowest BCUT2D eigenvalue weighted by Crippen LogP contribution is -2.33. The highest BCUT2D eigenvalue weighted by molar-refractivity contribution is 7.94. The maximum atomic E-state index is 10.5. The summed E-state index contributed by atoms with van der Waals surface area (Å²) in [5.74, 6) is -3.20. The van der Waals surface area contributed by atoms with Crippen molar-refractivity contribution in [3.8, 4) is 0 Å². The van der Waals surface area contributed by atoms with E-state index < -0.39 is 36.1 Å². The van der Waals surface area contributed by atoms with E-state index in [0.717, 1.165) is 0 Å². The molecule has 0 aromatic carbocycles. The summed E-state index contributed by atoms with van der Waals surface area (Å²) in [6, 6.07) is 0. The first kappa shape index (κ1) is 15.2. The number of aliphatic hydroxyl groups excluding tert-OH is 1. The quantitative estimate of drug-likeness (QED) is 0.246. The highest BCUT2D eigenvalue weighted by Crippen LogP contribution is 2.54. The van der Waals surface area contributed by atoms with Gasteiger partial charge in [0.05, 0.1) is 0 Å². The first-order valence-electron chi connectivity index (χ1n) is 3.02. The van der Waals surface area contributed by atoms with Gasteiger partial charge in [-0.15, -0.1) is 0 Å². The minimum Gasteiger partial charge on any atom is -0.379 e. The topological polar surface area (TPSA) is 190 Å². The summed E-state index contributed by atoms with van der Waals surface area (Å²) < 4.78 is 50.1. The van der Waals surface area contributed by atoms with Gasteiger partial charge in [0.25, 0.3) is 10.1 Å². The zero-order valence-electron chi connectivity index (χ0n) is 6.77. The van der Waals surface area contributed by atoms with Gasteiger partial charge in [0, 0.05) is 0 Å². The molecule has 0 fully saturated rings. The number of aliphatic hydroxyl groups is 1. The molecular weight excluding hydrogens is 278 g/mol. The fourth-order valence-electron chi connectivity index (χ4n) is 0.667. The van der Waals surface area contributed by atoms with Crippen molar-refractivity contribution in [2.24, 2.45) is 0 Å². The van der Waals surface area contributed by atoms with Gasteiger partial charge in [-0.1, -0.05) is 0 Å². The molecule has 0 saturated carbocycles. The summed E-state index contributed by atoms with van der Waals surface area (Å²) in [6.45, 7) is 0. The van der Waals surface area contributed by atoms with Crippen LogP contribution in [-0.2, 0) is 19.2 Å². The molecule has 0 spiro atoms. The molecule has 2 atom stereocenters. The van der Waals surface area contributed by atoms with Gasteiger partial charge in [0.1, 0.15) is 0 Å². The Morgan fingerprint density at radius 3 is 1.33 bits per heavy atom. The van der Waals surface area contributed by atoms with Crippen LogP contribution in [0, 0.1) is 0 Å². The van der Waals surface area contributed by atoms with Crippen molar-refractivity contribution in [1.29, 1.82) is 0 Å². The lowest BCUT2D eigenvalue weighted by atomic mass is 10.8. The second kappa shape index (κ2) is 4.21. The van der Waals surface area contributed by atoms with Crippen molar-refractivity contribution in [2.45, 2.75) is 10.8 Å². The van der Waals surface area contributed by atoms with Gasteiger partial charge < -0.3 is 24.7 Å². The molecule has 0 aliphatic rings. The van der Waals surface area contributed by atoms with Crippen molar-refractivity contribution in [3.63, 3.8) is 0 Å². The summed E-state index contributed by atoms with van der Waals surface area (Å²) in [6.07, 6.45) is 0. The van der Waals surface area contributed by atoms with E-state index in [9.17, 15) is 17.5 Å². The minimum absolute atomic E-state index is 3.20. The average molecular weight is 286 g/mol. The van der Waals surface area contributed by atoms with E-state index in [1.165, 1.54) is 0 Å². The van der Waals surface area contributed by atoms with E-state index in [4.69, 9.17) is 29.2 Å². The predicted molar refractivity (Wildman–Crippen MR) is 45.4 cm³/mol. The first-order chi connectivity index (χ1) is 6.28. The summed E-state index contributed by atoms with van der Waals surface area (Å²) >= 11 is 0. The van der Waals surface area contributed by atoms with Crippen molar-refractivity contribution < 1.29 is 46.8 Å². The third-order valence-corrected chi connectivity index (χ3v) is 6.10. The summed E-state index contributed by atoms with van der Waals surface area (Å²) in [7, 11) is -16.6. The van der Waals surface area contributed by atoms with Gasteiger partial charge in [-0.2, -0.15) is 8.42 Å². The van der Waals surface area contributed by atoms with Crippen LogP contribution < -0.4 is 0 Å². The Balaban J connectivity index is 5.57. The van der Waals surface area contributed by atoms with Crippen LogP contribution >= 0.6 is 15.2 Å². The smallest absolute Gasteiger partial charge is 0.355 e. The van der Waals surface area contributed by atoms with Crippen LogP contribution in [-0.4, -0.2) is 48.5 Å². The monoisotopic (exact) mass is 286 g/mol. The second-order valence-electron chi connectivity index (χ2n) is 2.50. The average Bonchev–Trinajstić information content (AvgIpc) is 1.76. The summed E-state index contributed by atoms with van der Waals surface area (Å²) in [5.41, 5.74) is 0. The van der Waals surface area contributed by atoms with Crippen LogP contribution in [0.5, 0.6) is 0 Å². The van der Waals surface area contributed by atoms with Crippen molar-refractivity contribution >= 4 is 25.3 Å². The largest absolute Gasteiger partial charge is 0.379 e. The first-order valence-corrected chi connectivity index (χ1v) is 7.89. The Labute approximate surface area is 83.6 Å². The molecule has 0 saturated heterocycles. The Bertz CT molecular complexity index is 411. The molecule has 6 N–H and O–H groups in total. The molecule has 0 radical (unpaired) electrons. The Kier molecular flexibility index (Phi) is 4.25. The third kappa shape index (κ3) is 4.27. The molecule has 15 heavy (non-hydrogen) atoms. The molecule has 92 valence electrons. The van der Waals surface area contributed by atoms with Crippen LogP contribution in [0.4, 0.5) is 0 Å². The zero-order chi connectivity index (χ0) is 12.7. The van der Waals surface area contributed by atoms with Gasteiger partial charge in [-0.05, 0) is 0 Å².